The molecule has 0 unspecified atom stereocenters. The van der Waals surface area contributed by atoms with Crippen LogP contribution in [0.5, 0.6) is 0 Å². The van der Waals surface area contributed by atoms with Crippen molar-refractivity contribution in [2.75, 3.05) is 19.7 Å². The van der Waals surface area contributed by atoms with E-state index in [0.29, 0.717) is 26.2 Å². The molecule has 0 spiro atoms. The number of carbonyl (C=O) groups is 1. The van der Waals surface area contributed by atoms with Crippen molar-refractivity contribution in [3.8, 4) is 0 Å². The standard InChI is InChI=1S/C16H27N5O2/c1-4-13-18-14-7-6-12(10-21(14)19-13)17-15(22)20-8-9-23-16(3,5-2)11-20/h12H,4-11H2,1-3H3,(H,17,22)/t12-,16+/m1/s1. The normalized spacial score (nSPS) is 27.6. The number of rotatable bonds is 3. The number of hydrogen-bond acceptors (Lipinski definition) is 4. The fourth-order valence-electron chi connectivity index (χ4n) is 3.21. The van der Waals surface area contributed by atoms with Gasteiger partial charge in [-0.25, -0.2) is 14.5 Å². The summed E-state index contributed by atoms with van der Waals surface area (Å²) in [6.07, 6.45) is 3.54. The fourth-order valence-corrected chi connectivity index (χ4v) is 3.21. The van der Waals surface area contributed by atoms with Crippen molar-refractivity contribution in [3.05, 3.63) is 11.6 Å². The Hall–Kier alpha value is -1.63. The Kier molecular flexibility index (Phi) is 4.57. The summed E-state index contributed by atoms with van der Waals surface area (Å²) in [5, 5.41) is 7.66. The topological polar surface area (TPSA) is 72.3 Å². The average Bonchev–Trinajstić information content (AvgIpc) is 2.97. The van der Waals surface area contributed by atoms with Crippen LogP contribution in [0, 0.1) is 0 Å². The number of carbonyl (C=O) groups excluding carboxylic acids is 1. The van der Waals surface area contributed by atoms with E-state index in [0.717, 1.165) is 37.3 Å². The first kappa shape index (κ1) is 16.2. The Balaban J connectivity index is 1.58. The quantitative estimate of drug-likeness (QED) is 0.912. The van der Waals surface area contributed by atoms with Crippen LogP contribution in [0.25, 0.3) is 0 Å². The van der Waals surface area contributed by atoms with Crippen LogP contribution in [0.1, 0.15) is 45.3 Å². The largest absolute Gasteiger partial charge is 0.372 e. The third kappa shape index (κ3) is 3.49. The molecule has 1 saturated heterocycles. The predicted octanol–water partition coefficient (Wildman–Crippen LogP) is 1.37. The monoisotopic (exact) mass is 321 g/mol. The molecule has 23 heavy (non-hydrogen) atoms. The van der Waals surface area contributed by atoms with Crippen molar-refractivity contribution in [3.63, 3.8) is 0 Å². The van der Waals surface area contributed by atoms with Gasteiger partial charge in [-0.1, -0.05) is 13.8 Å². The van der Waals surface area contributed by atoms with Crippen molar-refractivity contribution < 1.29 is 9.53 Å². The minimum Gasteiger partial charge on any atom is -0.372 e. The number of nitrogens with one attached hydrogen (secondary N) is 1. The van der Waals surface area contributed by atoms with Gasteiger partial charge >= 0.3 is 6.03 Å². The van der Waals surface area contributed by atoms with Crippen LogP contribution < -0.4 is 5.32 Å². The molecule has 0 saturated carbocycles. The smallest absolute Gasteiger partial charge is 0.317 e. The highest BCUT2D eigenvalue weighted by Crippen LogP contribution is 2.21. The van der Waals surface area contributed by atoms with Crippen LogP contribution in [0.4, 0.5) is 4.79 Å². The molecule has 0 aromatic carbocycles. The first-order valence-corrected chi connectivity index (χ1v) is 8.65. The molecule has 128 valence electrons. The van der Waals surface area contributed by atoms with Crippen LogP contribution >= 0.6 is 0 Å². The van der Waals surface area contributed by atoms with E-state index < -0.39 is 0 Å². The zero-order valence-electron chi connectivity index (χ0n) is 14.3. The summed E-state index contributed by atoms with van der Waals surface area (Å²) >= 11 is 0. The lowest BCUT2D eigenvalue weighted by molar-refractivity contribution is -0.0875. The molecule has 1 aromatic heterocycles. The number of nitrogens with zero attached hydrogens (tertiary/aromatic N) is 4. The van der Waals surface area contributed by atoms with Crippen LogP contribution in [0.2, 0.25) is 0 Å². The maximum Gasteiger partial charge on any atom is 0.317 e. The molecule has 3 heterocycles. The molecule has 2 aliphatic rings. The number of aryl methyl sites for hydroxylation is 2. The molecular weight excluding hydrogens is 294 g/mol. The highest BCUT2D eigenvalue weighted by molar-refractivity contribution is 5.74. The molecule has 3 rings (SSSR count). The van der Waals surface area contributed by atoms with Crippen LogP contribution in [-0.2, 0) is 24.1 Å². The molecule has 1 N–H and O–H groups in total. The molecule has 2 amide bonds. The molecule has 1 fully saturated rings. The third-order valence-electron chi connectivity index (χ3n) is 4.92. The zero-order chi connectivity index (χ0) is 16.4. The van der Waals surface area contributed by atoms with Gasteiger partial charge in [-0.15, -0.1) is 0 Å². The van der Waals surface area contributed by atoms with E-state index in [9.17, 15) is 4.79 Å². The molecular formula is C16H27N5O2. The first-order chi connectivity index (χ1) is 11.0. The molecule has 0 bridgehead atoms. The van der Waals surface area contributed by atoms with E-state index in [1.165, 1.54) is 0 Å². The summed E-state index contributed by atoms with van der Waals surface area (Å²) in [7, 11) is 0. The van der Waals surface area contributed by atoms with Gasteiger partial charge in [-0.05, 0) is 19.8 Å². The van der Waals surface area contributed by atoms with E-state index in [4.69, 9.17) is 4.74 Å². The summed E-state index contributed by atoms with van der Waals surface area (Å²) in [5.41, 5.74) is -0.225. The van der Waals surface area contributed by atoms with Crippen LogP contribution in [-0.4, -0.2) is 57.0 Å². The summed E-state index contributed by atoms with van der Waals surface area (Å²) in [6, 6.07) is 0.134. The van der Waals surface area contributed by atoms with Crippen molar-refractivity contribution in [1.29, 1.82) is 0 Å². The van der Waals surface area contributed by atoms with Gasteiger partial charge in [-0.3, -0.25) is 0 Å². The third-order valence-corrected chi connectivity index (χ3v) is 4.92. The van der Waals surface area contributed by atoms with Gasteiger partial charge in [0.1, 0.15) is 5.82 Å². The zero-order valence-corrected chi connectivity index (χ0v) is 14.3. The SMILES string of the molecule is CCc1nc2n(n1)C[C@H](NC(=O)N1CCO[C@@](C)(CC)C1)CC2. The van der Waals surface area contributed by atoms with Crippen LogP contribution in [0.15, 0.2) is 0 Å². The highest BCUT2D eigenvalue weighted by atomic mass is 16.5. The number of aromatic nitrogens is 3. The summed E-state index contributed by atoms with van der Waals surface area (Å²) < 4.78 is 7.75. The van der Waals surface area contributed by atoms with Crippen molar-refractivity contribution in [2.45, 2.75) is 64.6 Å². The van der Waals surface area contributed by atoms with Gasteiger partial charge < -0.3 is 15.0 Å². The van der Waals surface area contributed by atoms with Crippen molar-refractivity contribution >= 4 is 6.03 Å². The second-order valence-corrected chi connectivity index (χ2v) is 6.74. The molecule has 0 aliphatic carbocycles. The van der Waals surface area contributed by atoms with Gasteiger partial charge in [0.15, 0.2) is 5.82 Å². The minimum absolute atomic E-state index is 0.0113. The van der Waals surface area contributed by atoms with Crippen molar-refractivity contribution in [2.24, 2.45) is 0 Å². The van der Waals surface area contributed by atoms with E-state index in [-0.39, 0.29) is 17.7 Å². The van der Waals surface area contributed by atoms with Gasteiger partial charge in [0.2, 0.25) is 0 Å². The van der Waals surface area contributed by atoms with Crippen LogP contribution in [0.3, 0.4) is 0 Å². The summed E-state index contributed by atoms with van der Waals surface area (Å²) in [5.74, 6) is 1.93. The Labute approximate surface area is 137 Å². The second-order valence-electron chi connectivity index (χ2n) is 6.74. The Bertz CT molecular complexity index is 573. The average molecular weight is 321 g/mol. The first-order valence-electron chi connectivity index (χ1n) is 8.65. The van der Waals surface area contributed by atoms with E-state index in [1.54, 1.807) is 0 Å². The molecule has 7 nitrogen and oxygen atoms in total. The highest BCUT2D eigenvalue weighted by Gasteiger charge is 2.33. The van der Waals surface area contributed by atoms with Crippen molar-refractivity contribution in [1.82, 2.24) is 25.0 Å². The summed E-state index contributed by atoms with van der Waals surface area (Å²) in [4.78, 5) is 18.9. The molecule has 1 aromatic rings. The Morgan fingerprint density at radius 1 is 1.48 bits per heavy atom. The molecule has 7 heteroatoms. The lowest BCUT2D eigenvalue weighted by Crippen LogP contribution is -2.56. The Morgan fingerprint density at radius 2 is 2.30 bits per heavy atom. The number of ether oxygens (including phenoxy) is 1. The minimum atomic E-state index is -0.225. The number of urea groups is 1. The molecule has 2 aliphatic heterocycles. The molecule has 2 atom stereocenters. The van der Waals surface area contributed by atoms with E-state index in [1.807, 2.05) is 9.58 Å². The summed E-state index contributed by atoms with van der Waals surface area (Å²) in [6.45, 7) is 8.85. The Morgan fingerprint density at radius 3 is 3.04 bits per heavy atom. The van der Waals surface area contributed by atoms with Gasteiger partial charge in [0.05, 0.1) is 31.3 Å². The maximum atomic E-state index is 12.6. The lowest BCUT2D eigenvalue weighted by atomic mass is 10.0. The number of morpholine rings is 1. The second kappa shape index (κ2) is 6.47. The number of amides is 2. The van der Waals surface area contributed by atoms with Gasteiger partial charge in [0.25, 0.3) is 0 Å². The molecule has 0 radical (unpaired) electrons. The maximum absolute atomic E-state index is 12.6. The van der Waals surface area contributed by atoms with E-state index >= 15 is 0 Å². The van der Waals surface area contributed by atoms with Gasteiger partial charge in [-0.2, -0.15) is 5.10 Å². The lowest BCUT2D eigenvalue weighted by Gasteiger charge is -2.40. The number of hydrogen-bond donors (Lipinski definition) is 1. The van der Waals surface area contributed by atoms with E-state index in [2.05, 4.69) is 36.2 Å². The number of fused-ring (bicyclic) bond motifs is 1. The van der Waals surface area contributed by atoms with Gasteiger partial charge in [0, 0.05) is 19.4 Å². The predicted molar refractivity (Wildman–Crippen MR) is 86.3 cm³/mol. The fraction of sp³-hybridized carbons (Fsp3) is 0.812.